The molecule has 1 heterocycles. The molecule has 98 valence electrons. The Bertz CT molecular complexity index is 433. The lowest BCUT2D eigenvalue weighted by atomic mass is 9.80. The fourth-order valence-electron chi connectivity index (χ4n) is 2.93. The number of fused-ring (bicyclic) bond motifs is 1. The largest absolute Gasteiger partial charge is 0.454 e. The van der Waals surface area contributed by atoms with E-state index in [0.29, 0.717) is 12.8 Å². The number of anilines is 1. The number of rotatable bonds is 2. The molecule has 1 N–H and O–H groups in total. The van der Waals surface area contributed by atoms with Crippen molar-refractivity contribution in [2.24, 2.45) is 11.8 Å². The average Bonchev–Trinajstić information content (AvgIpc) is 2.81. The van der Waals surface area contributed by atoms with Gasteiger partial charge >= 0.3 is 0 Å². The fourth-order valence-corrected chi connectivity index (χ4v) is 2.93. The van der Waals surface area contributed by atoms with Crippen molar-refractivity contribution in [1.29, 1.82) is 0 Å². The highest BCUT2D eigenvalue weighted by atomic mass is 16.7. The summed E-state index contributed by atoms with van der Waals surface area (Å²) in [7, 11) is 0. The molecular weight excluding hydrogens is 226 g/mol. The van der Waals surface area contributed by atoms with Crippen molar-refractivity contribution < 1.29 is 9.47 Å². The average molecular weight is 247 g/mol. The second kappa shape index (κ2) is 4.71. The topological polar surface area (TPSA) is 30.5 Å². The van der Waals surface area contributed by atoms with Crippen molar-refractivity contribution in [2.75, 3.05) is 12.1 Å². The van der Waals surface area contributed by atoms with Crippen LogP contribution in [0.1, 0.15) is 33.1 Å². The van der Waals surface area contributed by atoms with Crippen LogP contribution in [0.3, 0.4) is 0 Å². The van der Waals surface area contributed by atoms with E-state index in [4.69, 9.17) is 9.47 Å². The molecule has 1 aliphatic heterocycles. The first-order chi connectivity index (χ1) is 8.72. The van der Waals surface area contributed by atoms with Crippen LogP contribution in [-0.4, -0.2) is 12.8 Å². The minimum absolute atomic E-state index is 0.343. The third-order valence-corrected chi connectivity index (χ3v) is 4.18. The van der Waals surface area contributed by atoms with Crippen LogP contribution in [-0.2, 0) is 0 Å². The van der Waals surface area contributed by atoms with Gasteiger partial charge in [-0.25, -0.2) is 0 Å². The van der Waals surface area contributed by atoms with E-state index in [1.165, 1.54) is 19.3 Å². The molecule has 1 aromatic carbocycles. The second-order valence-corrected chi connectivity index (χ2v) is 5.71. The Morgan fingerprint density at radius 2 is 1.94 bits per heavy atom. The van der Waals surface area contributed by atoms with Gasteiger partial charge in [-0.2, -0.15) is 0 Å². The van der Waals surface area contributed by atoms with Crippen LogP contribution >= 0.6 is 0 Å². The first-order valence-corrected chi connectivity index (χ1v) is 6.88. The lowest BCUT2D eigenvalue weighted by molar-refractivity contribution is 0.174. The van der Waals surface area contributed by atoms with E-state index in [1.807, 2.05) is 12.1 Å². The fraction of sp³-hybridized carbons (Fsp3) is 0.600. The van der Waals surface area contributed by atoms with Crippen LogP contribution in [0.2, 0.25) is 0 Å². The highest BCUT2D eigenvalue weighted by molar-refractivity contribution is 5.56. The molecule has 3 nitrogen and oxygen atoms in total. The van der Waals surface area contributed by atoms with Crippen molar-refractivity contribution in [1.82, 2.24) is 0 Å². The predicted octanol–water partition coefficient (Wildman–Crippen LogP) is 3.65. The van der Waals surface area contributed by atoms with E-state index in [9.17, 15) is 0 Å². The van der Waals surface area contributed by atoms with Gasteiger partial charge in [0.2, 0.25) is 6.79 Å². The zero-order valence-electron chi connectivity index (χ0n) is 11.1. The molecule has 0 bridgehead atoms. The minimum atomic E-state index is 0.343. The van der Waals surface area contributed by atoms with Crippen molar-refractivity contribution in [2.45, 2.75) is 39.2 Å². The van der Waals surface area contributed by atoms with Crippen LogP contribution in [0, 0.1) is 11.8 Å². The lowest BCUT2D eigenvalue weighted by Gasteiger charge is -2.34. The standard InChI is InChI=1S/C15H21NO2/c1-10-3-4-11(2)13(7-10)16-12-5-6-14-15(8-12)18-9-17-14/h5-6,8,10-11,13,16H,3-4,7,9H2,1-2H3. The van der Waals surface area contributed by atoms with Crippen molar-refractivity contribution in [3.05, 3.63) is 18.2 Å². The molecule has 1 fully saturated rings. The number of hydrogen-bond donors (Lipinski definition) is 1. The molecule has 3 heteroatoms. The third kappa shape index (κ3) is 2.26. The van der Waals surface area contributed by atoms with Crippen LogP contribution in [0.15, 0.2) is 18.2 Å². The van der Waals surface area contributed by atoms with Gasteiger partial charge in [0.05, 0.1) is 0 Å². The normalized spacial score (nSPS) is 30.2. The Hall–Kier alpha value is -1.38. The summed E-state index contributed by atoms with van der Waals surface area (Å²) < 4.78 is 10.7. The van der Waals surface area contributed by atoms with Gasteiger partial charge in [0.25, 0.3) is 0 Å². The monoisotopic (exact) mass is 247 g/mol. The zero-order valence-corrected chi connectivity index (χ0v) is 11.1. The number of benzene rings is 1. The van der Waals surface area contributed by atoms with Gasteiger partial charge in [0, 0.05) is 17.8 Å². The molecule has 18 heavy (non-hydrogen) atoms. The van der Waals surface area contributed by atoms with Crippen molar-refractivity contribution in [3.63, 3.8) is 0 Å². The van der Waals surface area contributed by atoms with Gasteiger partial charge in [-0.05, 0) is 36.8 Å². The van der Waals surface area contributed by atoms with Gasteiger partial charge in [-0.3, -0.25) is 0 Å². The zero-order chi connectivity index (χ0) is 12.5. The molecule has 0 aromatic heterocycles. The maximum Gasteiger partial charge on any atom is 0.231 e. The summed E-state index contributed by atoms with van der Waals surface area (Å²) in [4.78, 5) is 0. The van der Waals surface area contributed by atoms with Crippen LogP contribution in [0.5, 0.6) is 11.5 Å². The molecule has 0 radical (unpaired) electrons. The molecule has 0 amide bonds. The Balaban J connectivity index is 1.72. The van der Waals surface area contributed by atoms with Gasteiger partial charge in [-0.1, -0.05) is 20.3 Å². The molecule has 1 saturated carbocycles. The summed E-state index contributed by atoms with van der Waals surface area (Å²) >= 11 is 0. The summed E-state index contributed by atoms with van der Waals surface area (Å²) in [6.45, 7) is 5.03. The first kappa shape index (κ1) is 11.7. The summed E-state index contributed by atoms with van der Waals surface area (Å²) in [6, 6.07) is 6.70. The van der Waals surface area contributed by atoms with Gasteiger partial charge < -0.3 is 14.8 Å². The number of ether oxygens (including phenoxy) is 2. The van der Waals surface area contributed by atoms with Crippen molar-refractivity contribution in [3.8, 4) is 11.5 Å². The Labute approximate surface area is 108 Å². The van der Waals surface area contributed by atoms with Crippen LogP contribution < -0.4 is 14.8 Å². The molecule has 3 unspecified atom stereocenters. The van der Waals surface area contributed by atoms with E-state index >= 15 is 0 Å². The maximum absolute atomic E-state index is 5.41. The highest BCUT2D eigenvalue weighted by Gasteiger charge is 2.25. The molecule has 1 aromatic rings. The minimum Gasteiger partial charge on any atom is -0.454 e. The van der Waals surface area contributed by atoms with Gasteiger partial charge in [0.15, 0.2) is 11.5 Å². The molecule has 1 aliphatic carbocycles. The Morgan fingerprint density at radius 3 is 2.83 bits per heavy atom. The molecule has 3 rings (SSSR count). The second-order valence-electron chi connectivity index (χ2n) is 5.71. The first-order valence-electron chi connectivity index (χ1n) is 6.88. The predicted molar refractivity (Wildman–Crippen MR) is 72.2 cm³/mol. The third-order valence-electron chi connectivity index (χ3n) is 4.18. The SMILES string of the molecule is CC1CCC(C)C(Nc2ccc3c(c2)OCO3)C1. The lowest BCUT2D eigenvalue weighted by Crippen LogP contribution is -2.33. The smallest absolute Gasteiger partial charge is 0.231 e. The van der Waals surface area contributed by atoms with Crippen LogP contribution in [0.25, 0.3) is 0 Å². The summed E-state index contributed by atoms with van der Waals surface area (Å²) in [5.41, 5.74) is 1.14. The quantitative estimate of drug-likeness (QED) is 0.865. The number of nitrogens with one attached hydrogen (secondary N) is 1. The molecular formula is C15H21NO2. The van der Waals surface area contributed by atoms with Gasteiger partial charge in [0.1, 0.15) is 0 Å². The highest BCUT2D eigenvalue weighted by Crippen LogP contribution is 2.36. The van der Waals surface area contributed by atoms with E-state index in [2.05, 4.69) is 25.2 Å². The molecule has 0 saturated heterocycles. The maximum atomic E-state index is 5.41. The molecule has 3 atom stereocenters. The van der Waals surface area contributed by atoms with E-state index in [0.717, 1.165) is 29.0 Å². The summed E-state index contributed by atoms with van der Waals surface area (Å²) in [5.74, 6) is 3.28. The van der Waals surface area contributed by atoms with Crippen LogP contribution in [0.4, 0.5) is 5.69 Å². The molecule has 2 aliphatic rings. The summed E-state index contributed by atoms with van der Waals surface area (Å²) in [5, 5.41) is 3.66. The van der Waals surface area contributed by atoms with Gasteiger partial charge in [-0.15, -0.1) is 0 Å². The summed E-state index contributed by atoms with van der Waals surface area (Å²) in [6.07, 6.45) is 3.94. The Kier molecular flexibility index (Phi) is 3.06. The number of hydrogen-bond acceptors (Lipinski definition) is 3. The van der Waals surface area contributed by atoms with E-state index < -0.39 is 0 Å². The Morgan fingerprint density at radius 1 is 1.11 bits per heavy atom. The molecule has 0 spiro atoms. The van der Waals surface area contributed by atoms with E-state index in [1.54, 1.807) is 0 Å². The van der Waals surface area contributed by atoms with Crippen molar-refractivity contribution >= 4 is 5.69 Å². The van der Waals surface area contributed by atoms with E-state index in [-0.39, 0.29) is 0 Å².